The number of ether oxygens (including phenoxy) is 1. The zero-order valence-corrected chi connectivity index (χ0v) is 14.5. The Bertz CT molecular complexity index is 448. The van der Waals surface area contributed by atoms with Gasteiger partial charge < -0.3 is 10.1 Å². The van der Waals surface area contributed by atoms with Gasteiger partial charge >= 0.3 is 0 Å². The van der Waals surface area contributed by atoms with Crippen LogP contribution in [0.15, 0.2) is 22.7 Å². The van der Waals surface area contributed by atoms with Crippen molar-refractivity contribution in [2.24, 2.45) is 5.92 Å². The van der Waals surface area contributed by atoms with Crippen molar-refractivity contribution in [3.8, 4) is 0 Å². The first-order chi connectivity index (χ1) is 10.2. The van der Waals surface area contributed by atoms with E-state index in [0.29, 0.717) is 11.5 Å². The number of hydrogen-bond donors (Lipinski definition) is 1. The van der Waals surface area contributed by atoms with Crippen LogP contribution in [-0.2, 0) is 4.74 Å². The monoisotopic (exact) mass is 357 g/mol. The van der Waals surface area contributed by atoms with Crippen molar-refractivity contribution in [2.75, 3.05) is 13.7 Å². The fourth-order valence-corrected chi connectivity index (χ4v) is 3.82. The second-order valence-corrected chi connectivity index (χ2v) is 6.72. The van der Waals surface area contributed by atoms with Crippen LogP contribution in [0.3, 0.4) is 0 Å². The molecule has 2 nitrogen and oxygen atoms in total. The summed E-state index contributed by atoms with van der Waals surface area (Å²) in [7, 11) is 1.75. The maximum absolute atomic E-state index is 14.3. The van der Waals surface area contributed by atoms with E-state index in [-0.39, 0.29) is 18.0 Å². The highest BCUT2D eigenvalue weighted by molar-refractivity contribution is 9.10. The van der Waals surface area contributed by atoms with Crippen LogP contribution in [0.1, 0.15) is 50.6 Å². The molecule has 21 heavy (non-hydrogen) atoms. The predicted octanol–water partition coefficient (Wildman–Crippen LogP) is 4.83. The summed E-state index contributed by atoms with van der Waals surface area (Å²) in [5, 5.41) is 3.43. The molecule has 0 radical (unpaired) electrons. The maximum atomic E-state index is 14.3. The highest BCUT2D eigenvalue weighted by Gasteiger charge is 2.32. The molecule has 0 aromatic heterocycles. The molecule has 2 rings (SSSR count). The first kappa shape index (κ1) is 16.9. The van der Waals surface area contributed by atoms with E-state index < -0.39 is 0 Å². The summed E-state index contributed by atoms with van der Waals surface area (Å²) in [5.41, 5.74) is 0.698. The largest absolute Gasteiger partial charge is 0.379 e. The molecule has 2 atom stereocenters. The second-order valence-electron chi connectivity index (χ2n) is 5.80. The first-order valence-corrected chi connectivity index (χ1v) is 8.67. The van der Waals surface area contributed by atoms with Gasteiger partial charge in [0.2, 0.25) is 0 Å². The lowest BCUT2D eigenvalue weighted by Gasteiger charge is -2.35. The molecule has 1 saturated carbocycles. The number of halogens is 2. The molecule has 4 heteroatoms. The minimum atomic E-state index is -0.165. The van der Waals surface area contributed by atoms with Crippen molar-refractivity contribution in [1.82, 2.24) is 5.32 Å². The standard InChI is InChI=1S/C17H25BrFNO/c1-3-20-16(14-11-13(18)9-10-15(14)19)17(21-2)12-7-5-4-6-8-12/h9-12,16-17,20H,3-8H2,1-2H3. The molecule has 1 aliphatic rings. The Morgan fingerprint density at radius 1 is 1.33 bits per heavy atom. The Morgan fingerprint density at radius 3 is 2.67 bits per heavy atom. The van der Waals surface area contributed by atoms with E-state index in [1.807, 2.05) is 6.07 Å². The van der Waals surface area contributed by atoms with Gasteiger partial charge in [-0.2, -0.15) is 0 Å². The van der Waals surface area contributed by atoms with Crippen molar-refractivity contribution in [3.05, 3.63) is 34.1 Å². The van der Waals surface area contributed by atoms with Crippen molar-refractivity contribution in [3.63, 3.8) is 0 Å². The van der Waals surface area contributed by atoms with Crippen molar-refractivity contribution < 1.29 is 9.13 Å². The summed E-state index contributed by atoms with van der Waals surface area (Å²) in [6, 6.07) is 5.04. The highest BCUT2D eigenvalue weighted by atomic mass is 79.9. The van der Waals surface area contributed by atoms with E-state index in [1.165, 1.54) is 38.2 Å². The van der Waals surface area contributed by atoms with Crippen LogP contribution in [0.5, 0.6) is 0 Å². The third-order valence-electron chi connectivity index (χ3n) is 4.43. The zero-order valence-electron chi connectivity index (χ0n) is 12.9. The molecule has 1 N–H and O–H groups in total. The third kappa shape index (κ3) is 4.27. The summed E-state index contributed by atoms with van der Waals surface area (Å²) in [6.45, 7) is 2.85. The van der Waals surface area contributed by atoms with Crippen molar-refractivity contribution in [2.45, 2.75) is 51.2 Å². The van der Waals surface area contributed by atoms with Gasteiger partial charge in [0.25, 0.3) is 0 Å². The molecule has 0 saturated heterocycles. The van der Waals surface area contributed by atoms with Gasteiger partial charge in [0, 0.05) is 17.1 Å². The summed E-state index contributed by atoms with van der Waals surface area (Å²) >= 11 is 3.45. The van der Waals surface area contributed by atoms with Crippen LogP contribution in [0.2, 0.25) is 0 Å². The molecule has 1 fully saturated rings. The number of rotatable bonds is 6. The summed E-state index contributed by atoms with van der Waals surface area (Å²) < 4.78 is 21.0. The van der Waals surface area contributed by atoms with Crippen LogP contribution in [0.25, 0.3) is 0 Å². The van der Waals surface area contributed by atoms with Crippen LogP contribution in [0, 0.1) is 11.7 Å². The average molecular weight is 358 g/mol. The first-order valence-electron chi connectivity index (χ1n) is 7.88. The van der Waals surface area contributed by atoms with E-state index in [9.17, 15) is 4.39 Å². The van der Waals surface area contributed by atoms with E-state index in [1.54, 1.807) is 13.2 Å². The normalized spacial score (nSPS) is 19.4. The molecule has 0 heterocycles. The second kappa shape index (κ2) is 8.25. The van der Waals surface area contributed by atoms with Gasteiger partial charge in [-0.05, 0) is 43.5 Å². The van der Waals surface area contributed by atoms with Crippen molar-refractivity contribution >= 4 is 15.9 Å². The molecule has 2 unspecified atom stereocenters. The molecule has 0 aliphatic heterocycles. The third-order valence-corrected chi connectivity index (χ3v) is 4.93. The highest BCUT2D eigenvalue weighted by Crippen LogP contribution is 2.35. The Labute approximate surface area is 135 Å². The van der Waals surface area contributed by atoms with Gasteiger partial charge in [-0.15, -0.1) is 0 Å². The molecule has 118 valence electrons. The molecule has 0 amide bonds. The van der Waals surface area contributed by atoms with Crippen LogP contribution in [-0.4, -0.2) is 19.8 Å². The lowest BCUT2D eigenvalue weighted by molar-refractivity contribution is 0.00706. The van der Waals surface area contributed by atoms with Gasteiger partial charge in [-0.25, -0.2) is 4.39 Å². The van der Waals surface area contributed by atoms with Crippen LogP contribution in [0.4, 0.5) is 4.39 Å². The van der Waals surface area contributed by atoms with E-state index in [0.717, 1.165) is 11.0 Å². The van der Waals surface area contributed by atoms with Crippen molar-refractivity contribution in [1.29, 1.82) is 0 Å². The van der Waals surface area contributed by atoms with Gasteiger partial charge in [0.15, 0.2) is 0 Å². The minimum absolute atomic E-state index is 0.0223. The zero-order chi connectivity index (χ0) is 15.2. The molecule has 0 spiro atoms. The number of nitrogens with one attached hydrogen (secondary N) is 1. The Morgan fingerprint density at radius 2 is 2.05 bits per heavy atom. The Kier molecular flexibility index (Phi) is 6.65. The lowest BCUT2D eigenvalue weighted by Crippen LogP contribution is -2.39. The van der Waals surface area contributed by atoms with E-state index in [4.69, 9.17) is 4.74 Å². The Balaban J connectivity index is 2.28. The number of hydrogen-bond acceptors (Lipinski definition) is 2. The molecule has 1 aromatic rings. The Hall–Kier alpha value is -0.450. The minimum Gasteiger partial charge on any atom is -0.379 e. The quantitative estimate of drug-likeness (QED) is 0.786. The summed E-state index contributed by atoms with van der Waals surface area (Å²) in [4.78, 5) is 0. The summed E-state index contributed by atoms with van der Waals surface area (Å²) in [5.74, 6) is 0.341. The SMILES string of the molecule is CCNC(c1cc(Br)ccc1F)C(OC)C1CCCCC1. The fraction of sp³-hybridized carbons (Fsp3) is 0.647. The predicted molar refractivity (Wildman–Crippen MR) is 87.9 cm³/mol. The van der Waals surface area contributed by atoms with Crippen LogP contribution >= 0.6 is 15.9 Å². The van der Waals surface area contributed by atoms with E-state index in [2.05, 4.69) is 28.2 Å². The molecule has 0 bridgehead atoms. The maximum Gasteiger partial charge on any atom is 0.128 e. The van der Waals surface area contributed by atoms with Gasteiger partial charge in [-0.3, -0.25) is 0 Å². The number of likely N-dealkylation sites (N-methyl/N-ethyl adjacent to an activating group) is 1. The van der Waals surface area contributed by atoms with Gasteiger partial charge in [-0.1, -0.05) is 42.1 Å². The summed E-state index contributed by atoms with van der Waals surface area (Å²) in [6.07, 6.45) is 6.19. The molecular weight excluding hydrogens is 333 g/mol. The molecule has 1 aliphatic carbocycles. The molecule has 1 aromatic carbocycles. The smallest absolute Gasteiger partial charge is 0.128 e. The van der Waals surface area contributed by atoms with Gasteiger partial charge in [0.05, 0.1) is 12.1 Å². The average Bonchev–Trinajstić information content (AvgIpc) is 2.51. The number of methoxy groups -OCH3 is 1. The topological polar surface area (TPSA) is 21.3 Å². The number of benzene rings is 1. The lowest BCUT2D eigenvalue weighted by atomic mass is 9.81. The molecular formula is C17H25BrFNO. The van der Waals surface area contributed by atoms with Crippen LogP contribution < -0.4 is 5.32 Å². The fourth-order valence-electron chi connectivity index (χ4n) is 3.44. The van der Waals surface area contributed by atoms with E-state index >= 15 is 0 Å². The van der Waals surface area contributed by atoms with Gasteiger partial charge in [0.1, 0.15) is 5.82 Å².